The second-order valence-corrected chi connectivity index (χ2v) is 6.28. The number of amides is 1. The summed E-state index contributed by atoms with van der Waals surface area (Å²) in [5, 5.41) is 4.10. The molecule has 0 aliphatic rings. The van der Waals surface area contributed by atoms with Gasteiger partial charge in [0.05, 0.1) is 11.8 Å². The van der Waals surface area contributed by atoms with Gasteiger partial charge in [-0.15, -0.1) is 0 Å². The lowest BCUT2D eigenvalue weighted by Gasteiger charge is -2.17. The van der Waals surface area contributed by atoms with E-state index in [-0.39, 0.29) is 5.91 Å². The molecule has 3 aromatic rings. The Kier molecular flexibility index (Phi) is 4.49. The summed E-state index contributed by atoms with van der Waals surface area (Å²) in [5.74, 6) is -0.601. The lowest BCUT2D eigenvalue weighted by Crippen LogP contribution is -2.25. The van der Waals surface area contributed by atoms with Gasteiger partial charge in [-0.3, -0.25) is 4.79 Å². The molecule has 0 unspecified atom stereocenters. The van der Waals surface area contributed by atoms with Crippen LogP contribution in [-0.2, 0) is 0 Å². The third-order valence-electron chi connectivity index (χ3n) is 3.76. The molecule has 0 aliphatic carbocycles. The van der Waals surface area contributed by atoms with Gasteiger partial charge in [-0.25, -0.2) is 9.07 Å². The van der Waals surface area contributed by atoms with E-state index in [4.69, 9.17) is 0 Å². The van der Waals surface area contributed by atoms with Gasteiger partial charge in [-0.05, 0) is 42.8 Å². The molecule has 0 saturated heterocycles. The van der Waals surface area contributed by atoms with Crippen LogP contribution in [0.5, 0.6) is 0 Å². The lowest BCUT2D eigenvalue weighted by atomic mass is 10.2. The highest BCUT2D eigenvalue weighted by Crippen LogP contribution is 2.23. The molecule has 2 aromatic carbocycles. The van der Waals surface area contributed by atoms with Crippen molar-refractivity contribution in [3.05, 3.63) is 76.3 Å². The van der Waals surface area contributed by atoms with Crippen molar-refractivity contribution in [3.8, 4) is 5.69 Å². The van der Waals surface area contributed by atoms with Gasteiger partial charge in [-0.1, -0.05) is 28.1 Å². The van der Waals surface area contributed by atoms with Crippen molar-refractivity contribution in [2.45, 2.75) is 6.92 Å². The molecule has 0 bridgehead atoms. The summed E-state index contributed by atoms with van der Waals surface area (Å²) in [6.45, 7) is 1.96. The van der Waals surface area contributed by atoms with Gasteiger partial charge < -0.3 is 4.90 Å². The second kappa shape index (κ2) is 6.57. The molecular weight excluding hydrogens is 373 g/mol. The summed E-state index contributed by atoms with van der Waals surface area (Å²) in [6.07, 6.45) is 2.97. The first kappa shape index (κ1) is 16.4. The van der Waals surface area contributed by atoms with E-state index in [2.05, 4.69) is 21.0 Å². The number of para-hydroxylation sites is 1. The minimum atomic E-state index is -0.392. The van der Waals surface area contributed by atoms with Crippen molar-refractivity contribution in [1.29, 1.82) is 0 Å². The molecule has 0 radical (unpaired) electrons. The monoisotopic (exact) mass is 387 g/mol. The molecule has 4 nitrogen and oxygen atoms in total. The maximum absolute atomic E-state index is 13.8. The fourth-order valence-corrected chi connectivity index (χ4v) is 2.60. The second-order valence-electron chi connectivity index (χ2n) is 5.42. The Labute approximate surface area is 147 Å². The number of aryl methyl sites for hydroxylation is 1. The fourth-order valence-electron chi connectivity index (χ4n) is 2.35. The number of nitrogens with zero attached hydrogens (tertiary/aromatic N) is 3. The average Bonchev–Trinajstić information content (AvgIpc) is 3.06. The molecule has 24 heavy (non-hydrogen) atoms. The molecule has 1 heterocycles. The van der Waals surface area contributed by atoms with Crippen LogP contribution in [0.15, 0.2) is 59.3 Å². The van der Waals surface area contributed by atoms with Crippen LogP contribution >= 0.6 is 15.9 Å². The van der Waals surface area contributed by atoms with E-state index in [9.17, 15) is 9.18 Å². The Morgan fingerprint density at radius 3 is 2.71 bits per heavy atom. The number of hydrogen-bond acceptors (Lipinski definition) is 2. The van der Waals surface area contributed by atoms with Crippen LogP contribution in [0.25, 0.3) is 5.69 Å². The Balaban J connectivity index is 1.88. The Bertz CT molecular complexity index is 907. The highest BCUT2D eigenvalue weighted by atomic mass is 79.9. The van der Waals surface area contributed by atoms with Crippen LogP contribution in [-0.4, -0.2) is 22.7 Å². The van der Waals surface area contributed by atoms with Crippen molar-refractivity contribution in [2.75, 3.05) is 11.9 Å². The molecule has 0 spiro atoms. The third-order valence-corrected chi connectivity index (χ3v) is 4.65. The van der Waals surface area contributed by atoms with E-state index < -0.39 is 5.82 Å². The van der Waals surface area contributed by atoms with Crippen molar-refractivity contribution < 1.29 is 9.18 Å². The number of carbonyl (C=O) groups is 1. The third kappa shape index (κ3) is 3.10. The van der Waals surface area contributed by atoms with Crippen LogP contribution in [0.3, 0.4) is 0 Å². The predicted molar refractivity (Wildman–Crippen MR) is 95.1 cm³/mol. The summed E-state index contributed by atoms with van der Waals surface area (Å²) in [5.41, 5.74) is 2.51. The molecule has 6 heteroatoms. The summed E-state index contributed by atoms with van der Waals surface area (Å²) in [7, 11) is 1.70. The molecule has 0 N–H and O–H groups in total. The number of carbonyl (C=O) groups excluding carboxylic acids is 1. The molecule has 0 fully saturated rings. The summed E-state index contributed by atoms with van der Waals surface area (Å²) >= 11 is 3.44. The lowest BCUT2D eigenvalue weighted by molar-refractivity contribution is 0.0993. The van der Waals surface area contributed by atoms with Crippen LogP contribution in [0.4, 0.5) is 10.1 Å². The fraction of sp³-hybridized carbons (Fsp3) is 0.111. The van der Waals surface area contributed by atoms with Gasteiger partial charge >= 0.3 is 0 Å². The zero-order valence-electron chi connectivity index (χ0n) is 13.2. The number of benzene rings is 2. The summed E-state index contributed by atoms with van der Waals surface area (Å²) < 4.78 is 16.2. The number of anilines is 1. The predicted octanol–water partition coefficient (Wildman–Crippen LogP) is 4.36. The molecule has 122 valence electrons. The SMILES string of the molecule is Cc1cc(N(C)C(=O)c2cnn(-c3ccccc3F)c2)ccc1Br. The highest BCUT2D eigenvalue weighted by Gasteiger charge is 2.17. The molecule has 3 rings (SSSR count). The van der Waals surface area contributed by atoms with Crippen LogP contribution in [0.2, 0.25) is 0 Å². The quantitative estimate of drug-likeness (QED) is 0.669. The van der Waals surface area contributed by atoms with Gasteiger partial charge in [0.25, 0.3) is 5.91 Å². The number of aromatic nitrogens is 2. The van der Waals surface area contributed by atoms with Crippen LogP contribution in [0.1, 0.15) is 15.9 Å². The topological polar surface area (TPSA) is 38.1 Å². The van der Waals surface area contributed by atoms with Crippen molar-refractivity contribution in [3.63, 3.8) is 0 Å². The number of halogens is 2. The average molecular weight is 388 g/mol. The minimum absolute atomic E-state index is 0.209. The van der Waals surface area contributed by atoms with E-state index in [0.29, 0.717) is 11.3 Å². The van der Waals surface area contributed by atoms with Crippen LogP contribution < -0.4 is 4.90 Å². The zero-order chi connectivity index (χ0) is 17.3. The van der Waals surface area contributed by atoms with Crippen molar-refractivity contribution >= 4 is 27.5 Å². The van der Waals surface area contributed by atoms with E-state index in [1.165, 1.54) is 23.1 Å². The van der Waals surface area contributed by atoms with Gasteiger partial charge in [0.1, 0.15) is 11.5 Å². The molecule has 0 atom stereocenters. The minimum Gasteiger partial charge on any atom is -0.311 e. The Morgan fingerprint density at radius 2 is 2.00 bits per heavy atom. The Morgan fingerprint density at radius 1 is 1.25 bits per heavy atom. The summed E-state index contributed by atoms with van der Waals surface area (Å²) in [6, 6.07) is 12.0. The van der Waals surface area contributed by atoms with Crippen molar-refractivity contribution in [2.24, 2.45) is 0 Å². The molecular formula is C18H15BrFN3O. The largest absolute Gasteiger partial charge is 0.311 e. The van der Waals surface area contributed by atoms with Gasteiger partial charge in [0.15, 0.2) is 0 Å². The Hall–Kier alpha value is -2.47. The smallest absolute Gasteiger partial charge is 0.261 e. The normalized spacial score (nSPS) is 10.7. The van der Waals surface area contributed by atoms with E-state index in [1.54, 1.807) is 30.1 Å². The molecule has 0 aliphatic heterocycles. The first-order valence-corrected chi connectivity index (χ1v) is 8.10. The van der Waals surface area contributed by atoms with Gasteiger partial charge in [-0.2, -0.15) is 5.10 Å². The van der Waals surface area contributed by atoms with E-state index in [0.717, 1.165) is 15.7 Å². The van der Waals surface area contributed by atoms with Crippen molar-refractivity contribution in [1.82, 2.24) is 9.78 Å². The van der Waals surface area contributed by atoms with E-state index >= 15 is 0 Å². The zero-order valence-corrected chi connectivity index (χ0v) is 14.8. The first-order valence-electron chi connectivity index (χ1n) is 7.31. The summed E-state index contributed by atoms with van der Waals surface area (Å²) in [4.78, 5) is 14.2. The van der Waals surface area contributed by atoms with Gasteiger partial charge in [0.2, 0.25) is 0 Å². The maximum atomic E-state index is 13.8. The maximum Gasteiger partial charge on any atom is 0.261 e. The first-order chi connectivity index (χ1) is 11.5. The number of hydrogen-bond donors (Lipinski definition) is 0. The molecule has 0 saturated carbocycles. The number of rotatable bonds is 3. The van der Waals surface area contributed by atoms with Crippen LogP contribution in [0, 0.1) is 12.7 Å². The molecule has 1 aromatic heterocycles. The standard InChI is InChI=1S/C18H15BrFN3O/c1-12-9-14(7-8-15(12)19)22(2)18(24)13-10-21-23(11-13)17-6-4-3-5-16(17)20/h3-11H,1-2H3. The molecule has 1 amide bonds. The van der Waals surface area contributed by atoms with E-state index in [1.807, 2.05) is 25.1 Å². The highest BCUT2D eigenvalue weighted by molar-refractivity contribution is 9.10. The van der Waals surface area contributed by atoms with Gasteiger partial charge in [0, 0.05) is 23.4 Å².